The summed E-state index contributed by atoms with van der Waals surface area (Å²) in [5.74, 6) is 0.497. The van der Waals surface area contributed by atoms with Crippen LogP contribution in [0, 0.1) is 6.92 Å². The van der Waals surface area contributed by atoms with Crippen molar-refractivity contribution in [2.75, 3.05) is 10.6 Å². The lowest BCUT2D eigenvalue weighted by atomic mass is 10.1. The molecule has 0 spiro atoms. The first kappa shape index (κ1) is 20.3. The van der Waals surface area contributed by atoms with Crippen molar-refractivity contribution in [2.24, 2.45) is 7.05 Å². The fraction of sp³-hybridized carbons (Fsp3) is 0.125. The Morgan fingerprint density at radius 3 is 2.58 bits per heavy atom. The summed E-state index contributed by atoms with van der Waals surface area (Å²) in [6, 6.07) is 16.6. The van der Waals surface area contributed by atoms with Crippen LogP contribution >= 0.6 is 0 Å². The van der Waals surface area contributed by atoms with E-state index in [1.165, 1.54) is 0 Å². The highest BCUT2D eigenvalue weighted by Crippen LogP contribution is 2.23. The molecule has 2 aromatic heterocycles. The van der Waals surface area contributed by atoms with Crippen LogP contribution in [-0.2, 0) is 13.7 Å². The number of hydrogen-bond acceptors (Lipinski definition) is 5. The zero-order valence-corrected chi connectivity index (χ0v) is 17.3. The topological polar surface area (TPSA) is 92.1 Å². The van der Waals surface area contributed by atoms with E-state index in [0.29, 0.717) is 17.1 Å². The fourth-order valence-electron chi connectivity index (χ4n) is 3.20. The summed E-state index contributed by atoms with van der Waals surface area (Å²) < 4.78 is 1.76. The predicted octanol–water partition coefficient (Wildman–Crippen LogP) is 4.28. The molecule has 2 aromatic carbocycles. The van der Waals surface area contributed by atoms with Gasteiger partial charge >= 0.3 is 0 Å². The number of rotatable bonds is 6. The number of carbonyl (C=O) groups is 1. The molecule has 0 aliphatic rings. The van der Waals surface area contributed by atoms with Gasteiger partial charge < -0.3 is 15.7 Å². The quantitative estimate of drug-likeness (QED) is 0.439. The molecule has 0 fully saturated rings. The number of nitrogens with zero attached hydrogens (tertiary/aromatic N) is 3. The lowest BCUT2D eigenvalue weighted by molar-refractivity contribution is 0.102. The van der Waals surface area contributed by atoms with Crippen LogP contribution in [0.15, 0.2) is 73.2 Å². The van der Waals surface area contributed by atoms with Crippen molar-refractivity contribution in [3.05, 3.63) is 89.9 Å². The molecule has 7 heteroatoms. The Balaban J connectivity index is 1.46. The van der Waals surface area contributed by atoms with Gasteiger partial charge in [-0.05, 0) is 66.1 Å². The minimum absolute atomic E-state index is 0.0699. The van der Waals surface area contributed by atoms with E-state index in [-0.39, 0.29) is 12.5 Å². The van der Waals surface area contributed by atoms with Crippen molar-refractivity contribution in [3.8, 4) is 11.1 Å². The Labute approximate surface area is 180 Å². The van der Waals surface area contributed by atoms with Gasteiger partial charge in [-0.25, -0.2) is 4.98 Å². The Bertz CT molecular complexity index is 1210. The van der Waals surface area contributed by atoms with E-state index in [0.717, 1.165) is 27.9 Å². The molecule has 3 N–H and O–H groups in total. The molecule has 0 atom stereocenters. The maximum absolute atomic E-state index is 12.6. The standard InChI is InChI=1S/C24H23N5O2/c1-16-3-4-17(15-30)11-22(16)28-24(31)18-5-7-21(8-6-18)27-23-12-19(9-10-25-23)20-13-26-29(2)14-20/h3-14,30H,15H2,1-2H3,(H,25,27)(H,28,31). The van der Waals surface area contributed by atoms with Gasteiger partial charge in [0.05, 0.1) is 12.8 Å². The largest absolute Gasteiger partial charge is 0.392 e. The third-order valence-corrected chi connectivity index (χ3v) is 4.95. The molecule has 0 radical (unpaired) electrons. The number of pyridine rings is 1. The van der Waals surface area contributed by atoms with Gasteiger partial charge in [0.25, 0.3) is 5.91 Å². The molecular formula is C24H23N5O2. The second-order valence-corrected chi connectivity index (χ2v) is 7.30. The molecule has 0 saturated carbocycles. The summed E-state index contributed by atoms with van der Waals surface area (Å²) in [4.78, 5) is 17.0. The lowest BCUT2D eigenvalue weighted by Gasteiger charge is -2.11. The maximum Gasteiger partial charge on any atom is 0.255 e. The summed E-state index contributed by atoms with van der Waals surface area (Å²) in [6.07, 6.45) is 5.50. The molecular weight excluding hydrogens is 390 g/mol. The number of anilines is 3. The third kappa shape index (κ3) is 4.79. The summed E-state index contributed by atoms with van der Waals surface area (Å²) in [7, 11) is 1.88. The molecule has 0 bridgehead atoms. The van der Waals surface area contributed by atoms with E-state index in [2.05, 4.69) is 20.7 Å². The number of benzene rings is 2. The van der Waals surface area contributed by atoms with Gasteiger partial charge in [0.15, 0.2) is 0 Å². The van der Waals surface area contributed by atoms with E-state index in [1.807, 2.05) is 62.8 Å². The van der Waals surface area contributed by atoms with Crippen LogP contribution in [0.25, 0.3) is 11.1 Å². The van der Waals surface area contributed by atoms with E-state index in [4.69, 9.17) is 0 Å². The van der Waals surface area contributed by atoms with Crippen molar-refractivity contribution >= 4 is 23.1 Å². The van der Waals surface area contributed by atoms with Gasteiger partial charge in [0, 0.05) is 41.9 Å². The Kier molecular flexibility index (Phi) is 5.77. The van der Waals surface area contributed by atoms with Gasteiger partial charge in [-0.3, -0.25) is 9.48 Å². The van der Waals surface area contributed by atoms with Crippen LogP contribution < -0.4 is 10.6 Å². The number of nitrogens with one attached hydrogen (secondary N) is 2. The summed E-state index contributed by atoms with van der Waals surface area (Å²) >= 11 is 0. The molecule has 0 aliphatic heterocycles. The number of carbonyl (C=O) groups excluding carboxylic acids is 1. The Hall–Kier alpha value is -3.97. The fourth-order valence-corrected chi connectivity index (χ4v) is 3.20. The van der Waals surface area contributed by atoms with Crippen molar-refractivity contribution in [3.63, 3.8) is 0 Å². The molecule has 156 valence electrons. The van der Waals surface area contributed by atoms with Crippen molar-refractivity contribution in [2.45, 2.75) is 13.5 Å². The van der Waals surface area contributed by atoms with Crippen LogP contribution in [-0.4, -0.2) is 25.8 Å². The van der Waals surface area contributed by atoms with Crippen LogP contribution in [0.1, 0.15) is 21.5 Å². The predicted molar refractivity (Wildman–Crippen MR) is 121 cm³/mol. The van der Waals surface area contributed by atoms with Crippen molar-refractivity contribution in [1.82, 2.24) is 14.8 Å². The van der Waals surface area contributed by atoms with Gasteiger partial charge in [-0.15, -0.1) is 0 Å². The third-order valence-electron chi connectivity index (χ3n) is 4.95. The second-order valence-electron chi connectivity index (χ2n) is 7.30. The minimum Gasteiger partial charge on any atom is -0.392 e. The molecule has 1 amide bonds. The zero-order chi connectivity index (χ0) is 21.8. The first-order valence-corrected chi connectivity index (χ1v) is 9.86. The van der Waals surface area contributed by atoms with Gasteiger partial charge in [0.1, 0.15) is 5.82 Å². The van der Waals surface area contributed by atoms with Gasteiger partial charge in [-0.1, -0.05) is 12.1 Å². The molecule has 0 aliphatic carbocycles. The summed E-state index contributed by atoms with van der Waals surface area (Å²) in [6.45, 7) is 1.84. The number of aryl methyl sites for hydroxylation is 2. The van der Waals surface area contributed by atoms with Gasteiger partial charge in [-0.2, -0.15) is 5.10 Å². The maximum atomic E-state index is 12.6. The molecule has 7 nitrogen and oxygen atoms in total. The van der Waals surface area contributed by atoms with E-state index < -0.39 is 0 Å². The number of hydrogen-bond donors (Lipinski definition) is 3. The number of aromatic nitrogens is 3. The normalized spacial score (nSPS) is 10.7. The SMILES string of the molecule is Cc1ccc(CO)cc1NC(=O)c1ccc(Nc2cc(-c3cnn(C)c3)ccn2)cc1. The minimum atomic E-state index is -0.207. The first-order valence-electron chi connectivity index (χ1n) is 9.86. The molecule has 31 heavy (non-hydrogen) atoms. The average Bonchev–Trinajstić information content (AvgIpc) is 3.22. The smallest absolute Gasteiger partial charge is 0.255 e. The highest BCUT2D eigenvalue weighted by Gasteiger charge is 2.09. The summed E-state index contributed by atoms with van der Waals surface area (Å²) in [5.41, 5.74) is 5.77. The molecule has 0 unspecified atom stereocenters. The number of aliphatic hydroxyl groups is 1. The summed E-state index contributed by atoms with van der Waals surface area (Å²) in [5, 5.41) is 19.7. The van der Waals surface area contributed by atoms with Crippen LogP contribution in [0.4, 0.5) is 17.2 Å². The zero-order valence-electron chi connectivity index (χ0n) is 17.3. The van der Waals surface area contributed by atoms with Crippen molar-refractivity contribution < 1.29 is 9.90 Å². The van der Waals surface area contributed by atoms with Crippen LogP contribution in [0.5, 0.6) is 0 Å². The second kappa shape index (κ2) is 8.81. The molecule has 0 saturated heterocycles. The molecule has 4 aromatic rings. The van der Waals surface area contributed by atoms with Crippen molar-refractivity contribution in [1.29, 1.82) is 0 Å². The molecule has 2 heterocycles. The van der Waals surface area contributed by atoms with Gasteiger partial charge in [0.2, 0.25) is 0 Å². The van der Waals surface area contributed by atoms with E-state index in [9.17, 15) is 9.90 Å². The lowest BCUT2D eigenvalue weighted by Crippen LogP contribution is -2.13. The Morgan fingerprint density at radius 1 is 1.06 bits per heavy atom. The Morgan fingerprint density at radius 2 is 1.87 bits per heavy atom. The highest BCUT2D eigenvalue weighted by molar-refractivity contribution is 6.04. The van der Waals surface area contributed by atoms with E-state index in [1.54, 1.807) is 29.1 Å². The van der Waals surface area contributed by atoms with Crippen LogP contribution in [0.2, 0.25) is 0 Å². The molecule has 4 rings (SSSR count). The van der Waals surface area contributed by atoms with Crippen LogP contribution in [0.3, 0.4) is 0 Å². The number of amides is 1. The highest BCUT2D eigenvalue weighted by atomic mass is 16.3. The first-order chi connectivity index (χ1) is 15.0. The average molecular weight is 413 g/mol. The number of aliphatic hydroxyl groups excluding tert-OH is 1. The monoisotopic (exact) mass is 413 g/mol. The van der Waals surface area contributed by atoms with E-state index >= 15 is 0 Å².